The minimum absolute atomic E-state index is 0.0606. The molecule has 2 heterocycles. The van der Waals surface area contributed by atoms with E-state index in [1.807, 2.05) is 0 Å². The maximum Gasteiger partial charge on any atom is 0.270 e. The van der Waals surface area contributed by atoms with Gasteiger partial charge < -0.3 is 20.7 Å². The van der Waals surface area contributed by atoms with Crippen molar-refractivity contribution in [1.82, 2.24) is 25.6 Å². The molecule has 0 aliphatic heterocycles. The molecule has 2 amide bonds. The summed E-state index contributed by atoms with van der Waals surface area (Å²) < 4.78 is 0. The molecule has 1 fully saturated rings. The van der Waals surface area contributed by atoms with Crippen LogP contribution in [0.2, 0.25) is 0 Å². The van der Waals surface area contributed by atoms with Crippen LogP contribution in [0.3, 0.4) is 0 Å². The molecule has 0 unspecified atom stereocenters. The summed E-state index contributed by atoms with van der Waals surface area (Å²) >= 11 is 0. The third-order valence-electron chi connectivity index (χ3n) is 4.98. The van der Waals surface area contributed by atoms with Gasteiger partial charge in [0, 0.05) is 18.3 Å². The fourth-order valence-electron chi connectivity index (χ4n) is 3.14. The molecule has 4 N–H and O–H groups in total. The first-order chi connectivity index (χ1) is 12.4. The summed E-state index contributed by atoms with van der Waals surface area (Å²) in [5.74, 6) is -0.339. The maximum absolute atomic E-state index is 12.5. The van der Waals surface area contributed by atoms with Crippen LogP contribution in [0, 0.1) is 5.41 Å². The highest BCUT2D eigenvalue weighted by Crippen LogP contribution is 2.22. The molecule has 0 spiro atoms. The van der Waals surface area contributed by atoms with Gasteiger partial charge in [-0.2, -0.15) is 0 Å². The molecule has 1 aliphatic carbocycles. The van der Waals surface area contributed by atoms with Gasteiger partial charge >= 0.3 is 0 Å². The van der Waals surface area contributed by atoms with E-state index < -0.39 is 5.41 Å². The molecule has 0 atom stereocenters. The molecule has 140 valence electrons. The van der Waals surface area contributed by atoms with E-state index in [-0.39, 0.29) is 30.5 Å². The van der Waals surface area contributed by atoms with Gasteiger partial charge in [0.25, 0.3) is 5.91 Å². The molecule has 0 aromatic carbocycles. The highest BCUT2D eigenvalue weighted by molar-refractivity contribution is 6.03. The Bertz CT molecular complexity index is 793. The van der Waals surface area contributed by atoms with E-state index in [1.54, 1.807) is 26.1 Å². The molecule has 2 aromatic heterocycles. The summed E-state index contributed by atoms with van der Waals surface area (Å²) in [5, 5.41) is 16.0. The molecule has 1 aliphatic rings. The molecule has 8 heteroatoms. The normalized spacial score (nSPS) is 20.7. The first-order valence-corrected chi connectivity index (χ1v) is 8.91. The van der Waals surface area contributed by atoms with E-state index in [9.17, 15) is 14.7 Å². The van der Waals surface area contributed by atoms with Gasteiger partial charge in [-0.1, -0.05) is 0 Å². The number of hydrogen-bond acceptors (Lipinski definition) is 5. The van der Waals surface area contributed by atoms with Crippen LogP contribution in [0.15, 0.2) is 18.6 Å². The molecule has 26 heavy (non-hydrogen) atoms. The van der Waals surface area contributed by atoms with Crippen molar-refractivity contribution in [2.45, 2.75) is 51.6 Å². The number of rotatable bonds is 5. The highest BCUT2D eigenvalue weighted by Gasteiger charge is 2.30. The van der Waals surface area contributed by atoms with E-state index in [0.717, 1.165) is 25.7 Å². The van der Waals surface area contributed by atoms with Crippen molar-refractivity contribution < 1.29 is 14.7 Å². The van der Waals surface area contributed by atoms with E-state index >= 15 is 0 Å². The Hall–Kier alpha value is -2.48. The van der Waals surface area contributed by atoms with Crippen molar-refractivity contribution in [3.05, 3.63) is 24.3 Å². The van der Waals surface area contributed by atoms with Gasteiger partial charge in [0.1, 0.15) is 17.7 Å². The number of aliphatic hydroxyl groups is 1. The van der Waals surface area contributed by atoms with Crippen molar-refractivity contribution in [2.75, 3.05) is 6.61 Å². The lowest BCUT2D eigenvalue weighted by Crippen LogP contribution is -2.48. The van der Waals surface area contributed by atoms with Crippen molar-refractivity contribution in [3.8, 4) is 0 Å². The lowest BCUT2D eigenvalue weighted by atomic mass is 9.88. The Labute approximate surface area is 151 Å². The Morgan fingerprint density at radius 2 is 1.85 bits per heavy atom. The number of nitrogens with zero attached hydrogens (tertiary/aromatic N) is 2. The van der Waals surface area contributed by atoms with Gasteiger partial charge in [0.15, 0.2) is 0 Å². The number of aliphatic hydroxyl groups excluding tert-OH is 1. The third-order valence-corrected chi connectivity index (χ3v) is 4.98. The number of carbonyl (C=O) groups is 2. The molecule has 0 saturated heterocycles. The molecule has 0 radical (unpaired) electrons. The van der Waals surface area contributed by atoms with Crippen LogP contribution in [0.5, 0.6) is 0 Å². The molecule has 2 aromatic rings. The molecule has 3 rings (SSSR count). The second kappa shape index (κ2) is 7.41. The first kappa shape index (κ1) is 18.3. The molecular formula is C18H25N5O3. The van der Waals surface area contributed by atoms with Crippen molar-refractivity contribution >= 4 is 22.8 Å². The summed E-state index contributed by atoms with van der Waals surface area (Å²) in [5.41, 5.74) is 0.236. The smallest absolute Gasteiger partial charge is 0.270 e. The number of aromatic amines is 1. The lowest BCUT2D eigenvalue weighted by Gasteiger charge is -2.32. The van der Waals surface area contributed by atoms with Crippen LogP contribution in [0.25, 0.3) is 11.0 Å². The molecule has 0 bridgehead atoms. The topological polar surface area (TPSA) is 120 Å². The van der Waals surface area contributed by atoms with Gasteiger partial charge in [-0.05, 0) is 45.6 Å². The van der Waals surface area contributed by atoms with Crippen LogP contribution < -0.4 is 10.6 Å². The summed E-state index contributed by atoms with van der Waals surface area (Å²) in [7, 11) is 0. The van der Waals surface area contributed by atoms with Gasteiger partial charge in [-0.3, -0.25) is 9.59 Å². The third kappa shape index (κ3) is 3.85. The number of H-pyrrole nitrogens is 1. The summed E-state index contributed by atoms with van der Waals surface area (Å²) in [6.07, 6.45) is 6.28. The van der Waals surface area contributed by atoms with E-state index in [0.29, 0.717) is 16.7 Å². The largest absolute Gasteiger partial charge is 0.395 e. The zero-order valence-corrected chi connectivity index (χ0v) is 15.1. The Balaban J connectivity index is 1.53. The number of amides is 2. The Morgan fingerprint density at radius 3 is 2.50 bits per heavy atom. The minimum atomic E-state index is -0.778. The lowest BCUT2D eigenvalue weighted by molar-refractivity contribution is -0.132. The van der Waals surface area contributed by atoms with Gasteiger partial charge in [-0.25, -0.2) is 9.97 Å². The van der Waals surface area contributed by atoms with Crippen LogP contribution in [0.1, 0.15) is 50.0 Å². The quantitative estimate of drug-likeness (QED) is 0.638. The summed E-state index contributed by atoms with van der Waals surface area (Å²) in [4.78, 5) is 35.9. The van der Waals surface area contributed by atoms with E-state index in [1.165, 1.54) is 6.33 Å². The van der Waals surface area contributed by atoms with Crippen LogP contribution in [-0.2, 0) is 4.79 Å². The second-order valence-corrected chi connectivity index (χ2v) is 7.50. The highest BCUT2D eigenvalue weighted by atomic mass is 16.3. The van der Waals surface area contributed by atoms with Crippen molar-refractivity contribution in [2.24, 2.45) is 5.41 Å². The zero-order chi connectivity index (χ0) is 18.7. The van der Waals surface area contributed by atoms with E-state index in [2.05, 4.69) is 25.6 Å². The fourth-order valence-corrected chi connectivity index (χ4v) is 3.14. The second-order valence-electron chi connectivity index (χ2n) is 7.50. The van der Waals surface area contributed by atoms with Crippen molar-refractivity contribution in [3.63, 3.8) is 0 Å². The van der Waals surface area contributed by atoms with Crippen molar-refractivity contribution in [1.29, 1.82) is 0 Å². The fraction of sp³-hybridized carbons (Fsp3) is 0.556. The number of carbonyl (C=O) groups excluding carboxylic acids is 2. The molecule has 1 saturated carbocycles. The summed E-state index contributed by atoms with van der Waals surface area (Å²) in [6, 6.07) is 1.93. The minimum Gasteiger partial charge on any atom is -0.395 e. The SMILES string of the molecule is CC(C)(CO)C(=O)NC1CCC(NC(=O)c2ncnc3[nH]ccc23)CC1. The van der Waals surface area contributed by atoms with Crippen LogP contribution >= 0.6 is 0 Å². The monoisotopic (exact) mass is 359 g/mol. The zero-order valence-electron chi connectivity index (χ0n) is 15.1. The number of nitrogens with one attached hydrogen (secondary N) is 3. The van der Waals surface area contributed by atoms with Crippen LogP contribution in [-0.4, -0.2) is 50.6 Å². The predicted molar refractivity (Wildman–Crippen MR) is 96.4 cm³/mol. The average Bonchev–Trinajstić information content (AvgIpc) is 3.11. The van der Waals surface area contributed by atoms with E-state index in [4.69, 9.17) is 0 Å². The standard InChI is InChI=1S/C18H25N5O3/c1-18(2,9-24)17(26)23-12-5-3-11(4-6-12)22-16(25)14-13-7-8-19-15(13)21-10-20-14/h7-8,10-12,24H,3-6,9H2,1-2H3,(H,22,25)(H,23,26)(H,19,20,21). The van der Waals surface area contributed by atoms with Gasteiger partial charge in [0.2, 0.25) is 5.91 Å². The number of fused-ring (bicyclic) bond motifs is 1. The molecule has 8 nitrogen and oxygen atoms in total. The Kier molecular flexibility index (Phi) is 5.22. The predicted octanol–water partition coefficient (Wildman–Crippen LogP) is 1.13. The summed E-state index contributed by atoms with van der Waals surface area (Å²) in [6.45, 7) is 3.26. The van der Waals surface area contributed by atoms with Gasteiger partial charge in [0.05, 0.1) is 17.4 Å². The molecular weight excluding hydrogens is 334 g/mol. The number of aromatic nitrogens is 3. The Morgan fingerprint density at radius 1 is 1.19 bits per heavy atom. The number of hydrogen-bond donors (Lipinski definition) is 4. The van der Waals surface area contributed by atoms with Gasteiger partial charge in [-0.15, -0.1) is 0 Å². The maximum atomic E-state index is 12.5. The van der Waals surface area contributed by atoms with Crippen LogP contribution in [0.4, 0.5) is 0 Å². The first-order valence-electron chi connectivity index (χ1n) is 8.91. The average molecular weight is 359 g/mol.